The Kier molecular flexibility index (Phi) is 3.79. The highest BCUT2D eigenvalue weighted by Gasteiger charge is 2.31. The molecule has 2 amide bonds. The zero-order valence-corrected chi connectivity index (χ0v) is 8.91. The summed E-state index contributed by atoms with van der Waals surface area (Å²) in [6.45, 7) is 0. The Morgan fingerprint density at radius 2 is 1.94 bits per heavy atom. The summed E-state index contributed by atoms with van der Waals surface area (Å²) in [7, 11) is 0. The maximum atomic E-state index is 12.4. The van der Waals surface area contributed by atoms with Gasteiger partial charge in [0.1, 0.15) is 0 Å². The SMILES string of the molecule is NC(=O)Nc1cc(C(F)(F)F)ccc1CC(=O)O. The first kappa shape index (κ1) is 13.8. The third kappa shape index (κ3) is 3.65. The van der Waals surface area contributed by atoms with Gasteiger partial charge in [-0.3, -0.25) is 4.79 Å². The van der Waals surface area contributed by atoms with E-state index >= 15 is 0 Å². The molecule has 4 N–H and O–H groups in total. The lowest BCUT2D eigenvalue weighted by Gasteiger charge is -2.12. The molecule has 18 heavy (non-hydrogen) atoms. The summed E-state index contributed by atoms with van der Waals surface area (Å²) in [6.07, 6.45) is -5.11. The van der Waals surface area contributed by atoms with Gasteiger partial charge in [0.15, 0.2) is 0 Å². The lowest BCUT2D eigenvalue weighted by Crippen LogP contribution is -2.21. The summed E-state index contributed by atoms with van der Waals surface area (Å²) < 4.78 is 37.3. The number of carbonyl (C=O) groups excluding carboxylic acids is 1. The Morgan fingerprint density at radius 3 is 2.39 bits per heavy atom. The number of carbonyl (C=O) groups is 2. The number of halogens is 3. The Labute approximate surface area is 99.4 Å². The summed E-state index contributed by atoms with van der Waals surface area (Å²) >= 11 is 0. The van der Waals surface area contributed by atoms with Gasteiger partial charge in [0.25, 0.3) is 0 Å². The summed E-state index contributed by atoms with van der Waals surface area (Å²) in [5.74, 6) is -1.23. The molecule has 1 rings (SSSR count). The second-order valence-electron chi connectivity index (χ2n) is 3.43. The maximum Gasteiger partial charge on any atom is 0.416 e. The van der Waals surface area contributed by atoms with Crippen molar-refractivity contribution >= 4 is 17.7 Å². The molecule has 1 aromatic rings. The molecule has 0 aliphatic carbocycles. The Morgan fingerprint density at radius 1 is 1.33 bits per heavy atom. The molecule has 0 fully saturated rings. The summed E-state index contributed by atoms with van der Waals surface area (Å²) in [6, 6.07) is 1.30. The fraction of sp³-hybridized carbons (Fsp3) is 0.200. The van der Waals surface area contributed by atoms with Crippen molar-refractivity contribution in [2.24, 2.45) is 5.73 Å². The van der Waals surface area contributed by atoms with Crippen molar-refractivity contribution in [3.63, 3.8) is 0 Å². The number of carboxylic acid groups (broad SMARTS) is 1. The quantitative estimate of drug-likeness (QED) is 0.775. The molecule has 0 spiro atoms. The third-order valence-corrected chi connectivity index (χ3v) is 2.04. The number of carboxylic acids is 1. The van der Waals surface area contributed by atoms with E-state index in [0.717, 1.165) is 12.1 Å². The van der Waals surface area contributed by atoms with E-state index in [2.05, 4.69) is 0 Å². The molecule has 0 saturated carbocycles. The maximum absolute atomic E-state index is 12.4. The van der Waals surface area contributed by atoms with Crippen LogP contribution in [0.4, 0.5) is 23.7 Å². The van der Waals surface area contributed by atoms with Gasteiger partial charge < -0.3 is 16.2 Å². The molecule has 0 bridgehead atoms. The molecule has 98 valence electrons. The minimum absolute atomic E-state index is 0.0364. The molecular weight excluding hydrogens is 253 g/mol. The van der Waals surface area contributed by atoms with Gasteiger partial charge >= 0.3 is 18.2 Å². The fourth-order valence-electron chi connectivity index (χ4n) is 1.32. The molecule has 0 atom stereocenters. The first-order chi connectivity index (χ1) is 8.20. The minimum Gasteiger partial charge on any atom is -0.481 e. The van der Waals surface area contributed by atoms with Crippen molar-refractivity contribution in [3.8, 4) is 0 Å². The Balaban J connectivity index is 3.20. The monoisotopic (exact) mass is 262 g/mol. The fourth-order valence-corrected chi connectivity index (χ4v) is 1.32. The topological polar surface area (TPSA) is 92.4 Å². The van der Waals surface area contributed by atoms with Gasteiger partial charge in [-0.25, -0.2) is 4.79 Å². The van der Waals surface area contributed by atoms with Crippen LogP contribution < -0.4 is 11.1 Å². The van der Waals surface area contributed by atoms with E-state index in [1.807, 2.05) is 5.32 Å². The number of rotatable bonds is 3. The largest absolute Gasteiger partial charge is 0.481 e. The van der Waals surface area contributed by atoms with Gasteiger partial charge in [-0.2, -0.15) is 13.2 Å². The van der Waals surface area contributed by atoms with E-state index in [4.69, 9.17) is 10.8 Å². The van der Waals surface area contributed by atoms with E-state index in [9.17, 15) is 22.8 Å². The summed E-state index contributed by atoms with van der Waals surface area (Å²) in [5.41, 5.74) is 3.58. The molecule has 0 saturated heterocycles. The normalized spacial score (nSPS) is 11.1. The summed E-state index contributed by atoms with van der Waals surface area (Å²) in [4.78, 5) is 21.2. The average Bonchev–Trinajstić information content (AvgIpc) is 2.17. The first-order valence-electron chi connectivity index (χ1n) is 4.68. The molecule has 0 aromatic heterocycles. The Hall–Kier alpha value is -2.25. The van der Waals surface area contributed by atoms with Crippen molar-refractivity contribution < 1.29 is 27.9 Å². The number of hydrogen-bond acceptors (Lipinski definition) is 2. The minimum atomic E-state index is -4.59. The van der Waals surface area contributed by atoms with Crippen molar-refractivity contribution in [2.75, 3.05) is 5.32 Å². The van der Waals surface area contributed by atoms with Crippen LogP contribution in [-0.2, 0) is 17.4 Å². The van der Waals surface area contributed by atoms with Crippen LogP contribution in [0, 0.1) is 0 Å². The number of hydrogen-bond donors (Lipinski definition) is 3. The van der Waals surface area contributed by atoms with Crippen molar-refractivity contribution in [2.45, 2.75) is 12.6 Å². The number of anilines is 1. The van der Waals surface area contributed by atoms with Gasteiger partial charge in [-0.1, -0.05) is 6.07 Å². The van der Waals surface area contributed by atoms with Crippen LogP contribution in [0.1, 0.15) is 11.1 Å². The van der Waals surface area contributed by atoms with E-state index in [1.165, 1.54) is 0 Å². The van der Waals surface area contributed by atoms with Crippen molar-refractivity contribution in [1.82, 2.24) is 0 Å². The number of nitrogens with two attached hydrogens (primary N) is 1. The molecule has 1 aromatic carbocycles. The molecular formula is C10H9F3N2O3. The second-order valence-corrected chi connectivity index (χ2v) is 3.43. The Bertz CT molecular complexity index is 486. The first-order valence-corrected chi connectivity index (χ1v) is 4.68. The predicted octanol–water partition coefficient (Wildman–Crippen LogP) is 1.82. The predicted molar refractivity (Wildman–Crippen MR) is 56.0 cm³/mol. The van der Waals surface area contributed by atoms with Gasteiger partial charge in [0, 0.05) is 5.69 Å². The van der Waals surface area contributed by atoms with Crippen LogP contribution >= 0.6 is 0 Å². The number of benzene rings is 1. The smallest absolute Gasteiger partial charge is 0.416 e. The van der Waals surface area contributed by atoms with E-state index in [1.54, 1.807) is 0 Å². The van der Waals surface area contributed by atoms with Crippen LogP contribution in [0.3, 0.4) is 0 Å². The molecule has 0 unspecified atom stereocenters. The molecule has 0 aliphatic heterocycles. The van der Waals surface area contributed by atoms with Gasteiger partial charge in [0.2, 0.25) is 0 Å². The zero-order chi connectivity index (χ0) is 13.9. The highest BCUT2D eigenvalue weighted by atomic mass is 19.4. The zero-order valence-electron chi connectivity index (χ0n) is 8.91. The number of alkyl halides is 3. The van der Waals surface area contributed by atoms with E-state index in [0.29, 0.717) is 6.07 Å². The number of nitrogens with one attached hydrogen (secondary N) is 1. The third-order valence-electron chi connectivity index (χ3n) is 2.04. The van der Waals surface area contributed by atoms with E-state index in [-0.39, 0.29) is 11.3 Å². The lowest BCUT2D eigenvalue weighted by atomic mass is 10.1. The van der Waals surface area contributed by atoms with Gasteiger partial charge in [-0.15, -0.1) is 0 Å². The average molecular weight is 262 g/mol. The molecule has 0 radical (unpaired) electrons. The number of urea groups is 1. The number of aliphatic carboxylic acids is 1. The molecule has 8 heteroatoms. The second kappa shape index (κ2) is 4.94. The summed E-state index contributed by atoms with van der Waals surface area (Å²) in [5, 5.41) is 10.6. The number of primary amides is 1. The number of amides is 2. The van der Waals surface area contributed by atoms with Gasteiger partial charge in [-0.05, 0) is 17.7 Å². The van der Waals surface area contributed by atoms with Crippen molar-refractivity contribution in [1.29, 1.82) is 0 Å². The van der Waals surface area contributed by atoms with Crippen LogP contribution in [-0.4, -0.2) is 17.1 Å². The molecule has 5 nitrogen and oxygen atoms in total. The van der Waals surface area contributed by atoms with Crippen LogP contribution in [0.2, 0.25) is 0 Å². The van der Waals surface area contributed by atoms with E-state index < -0.39 is 30.2 Å². The van der Waals surface area contributed by atoms with Crippen LogP contribution in [0.25, 0.3) is 0 Å². The van der Waals surface area contributed by atoms with Crippen molar-refractivity contribution in [3.05, 3.63) is 29.3 Å². The standard InChI is InChI=1S/C10H9F3N2O3/c11-10(12,13)6-2-1-5(3-8(16)17)7(4-6)15-9(14)18/h1-2,4H,3H2,(H,16,17)(H3,14,15,18). The lowest BCUT2D eigenvalue weighted by molar-refractivity contribution is -0.137. The highest BCUT2D eigenvalue weighted by Crippen LogP contribution is 2.32. The van der Waals surface area contributed by atoms with Crippen LogP contribution in [0.5, 0.6) is 0 Å². The van der Waals surface area contributed by atoms with Crippen LogP contribution in [0.15, 0.2) is 18.2 Å². The highest BCUT2D eigenvalue weighted by molar-refractivity contribution is 5.89. The van der Waals surface area contributed by atoms with Gasteiger partial charge in [0.05, 0.1) is 12.0 Å². The molecule has 0 heterocycles. The molecule has 0 aliphatic rings.